The maximum absolute atomic E-state index is 4.75. The van der Waals surface area contributed by atoms with E-state index in [1.165, 1.54) is 0 Å². The summed E-state index contributed by atoms with van der Waals surface area (Å²) in [6, 6.07) is 5.89. The van der Waals surface area contributed by atoms with E-state index in [9.17, 15) is 0 Å². The largest absolute Gasteiger partial charge is 0.255 e. The van der Waals surface area contributed by atoms with Crippen LogP contribution >= 0.6 is 34.0 Å². The molecule has 4 nitrogen and oxygen atoms in total. The zero-order valence-electron chi connectivity index (χ0n) is 10.6. The van der Waals surface area contributed by atoms with Crippen molar-refractivity contribution in [3.05, 3.63) is 47.5 Å². The molecule has 0 unspecified atom stereocenters. The van der Waals surface area contributed by atoms with E-state index < -0.39 is 0 Å². The Balaban J connectivity index is 1.92. The quantitative estimate of drug-likeness (QED) is 0.557. The summed E-state index contributed by atoms with van der Waals surface area (Å²) in [7, 11) is 0. The first kappa shape index (κ1) is 12.8. The minimum atomic E-state index is 0.888. The van der Waals surface area contributed by atoms with Gasteiger partial charge in [-0.25, -0.2) is 15.0 Å². The number of rotatable bonds is 3. The monoisotopic (exact) mass is 328 g/mol. The molecule has 4 heterocycles. The van der Waals surface area contributed by atoms with Crippen LogP contribution in [0.4, 0.5) is 0 Å². The maximum Gasteiger partial charge on any atom is 0.153 e. The van der Waals surface area contributed by atoms with Crippen molar-refractivity contribution in [2.45, 2.75) is 0 Å². The zero-order valence-corrected chi connectivity index (χ0v) is 13.1. The van der Waals surface area contributed by atoms with Gasteiger partial charge >= 0.3 is 0 Å². The standard InChI is InChI=1S/C14H8N4S3/c1-2-4-15-9(3-1)11-10(12-16-5-7-19-12)18-14(21-11)13-17-6-8-20-13/h1-8H. The van der Waals surface area contributed by atoms with Crippen molar-refractivity contribution >= 4 is 34.0 Å². The van der Waals surface area contributed by atoms with Gasteiger partial charge in [-0.05, 0) is 12.1 Å². The minimum absolute atomic E-state index is 0.888. The van der Waals surface area contributed by atoms with Crippen molar-refractivity contribution in [2.24, 2.45) is 0 Å². The fourth-order valence-electron chi connectivity index (χ4n) is 1.90. The lowest BCUT2D eigenvalue weighted by Crippen LogP contribution is -1.83. The highest BCUT2D eigenvalue weighted by Gasteiger charge is 2.19. The molecule has 4 aromatic heterocycles. The molecule has 0 aliphatic heterocycles. The Morgan fingerprint density at radius 3 is 2.24 bits per heavy atom. The first-order valence-corrected chi connectivity index (χ1v) is 8.71. The molecule has 0 radical (unpaired) electrons. The lowest BCUT2D eigenvalue weighted by Gasteiger charge is -1.97. The average molecular weight is 328 g/mol. The topological polar surface area (TPSA) is 51.6 Å². The van der Waals surface area contributed by atoms with Crippen LogP contribution in [0.5, 0.6) is 0 Å². The number of hydrogen-bond acceptors (Lipinski definition) is 7. The average Bonchev–Trinajstić information content (AvgIpc) is 3.27. The van der Waals surface area contributed by atoms with Gasteiger partial charge in [-0.15, -0.1) is 34.0 Å². The molecule has 0 aliphatic rings. The Bertz CT molecular complexity index is 836. The summed E-state index contributed by atoms with van der Waals surface area (Å²) < 4.78 is 0. The summed E-state index contributed by atoms with van der Waals surface area (Å²) in [6.45, 7) is 0. The van der Waals surface area contributed by atoms with Gasteiger partial charge in [-0.2, -0.15) is 0 Å². The maximum atomic E-state index is 4.75. The van der Waals surface area contributed by atoms with Crippen LogP contribution in [0, 0.1) is 0 Å². The molecule has 0 saturated heterocycles. The Hall–Kier alpha value is -1.96. The summed E-state index contributed by atoms with van der Waals surface area (Å²) in [5.74, 6) is 0. The molecule has 0 fully saturated rings. The minimum Gasteiger partial charge on any atom is -0.255 e. The normalized spacial score (nSPS) is 10.9. The number of thiazole rings is 3. The van der Waals surface area contributed by atoms with Crippen LogP contribution in [0.15, 0.2) is 47.5 Å². The lowest BCUT2D eigenvalue weighted by molar-refractivity contribution is 1.30. The van der Waals surface area contributed by atoms with Gasteiger partial charge < -0.3 is 0 Å². The Kier molecular flexibility index (Phi) is 3.30. The molecule has 0 saturated carbocycles. The third kappa shape index (κ3) is 2.39. The fourth-order valence-corrected chi connectivity index (χ4v) is 4.32. The number of nitrogens with zero attached hydrogens (tertiary/aromatic N) is 4. The molecule has 0 amide bonds. The van der Waals surface area contributed by atoms with Crippen LogP contribution in [0.25, 0.3) is 31.3 Å². The Morgan fingerprint density at radius 2 is 1.57 bits per heavy atom. The molecular weight excluding hydrogens is 320 g/mol. The van der Waals surface area contributed by atoms with Crippen molar-refractivity contribution in [1.82, 2.24) is 19.9 Å². The van der Waals surface area contributed by atoms with E-state index in [0.717, 1.165) is 31.3 Å². The number of pyridine rings is 1. The van der Waals surface area contributed by atoms with E-state index in [-0.39, 0.29) is 0 Å². The van der Waals surface area contributed by atoms with Crippen molar-refractivity contribution < 1.29 is 0 Å². The third-order valence-corrected chi connectivity index (χ3v) is 5.55. The predicted molar refractivity (Wildman–Crippen MR) is 87.6 cm³/mol. The highest BCUT2D eigenvalue weighted by atomic mass is 32.1. The predicted octanol–water partition coefficient (Wildman–Crippen LogP) is 4.45. The molecule has 0 aliphatic carbocycles. The highest BCUT2D eigenvalue weighted by Crippen LogP contribution is 2.40. The summed E-state index contributed by atoms with van der Waals surface area (Å²) in [6.07, 6.45) is 5.39. The van der Waals surface area contributed by atoms with Gasteiger partial charge in [0, 0.05) is 29.4 Å². The summed E-state index contributed by atoms with van der Waals surface area (Å²) in [4.78, 5) is 19.0. The fraction of sp³-hybridized carbons (Fsp3) is 0. The highest BCUT2D eigenvalue weighted by molar-refractivity contribution is 7.23. The van der Waals surface area contributed by atoms with Crippen LogP contribution in [-0.2, 0) is 0 Å². The van der Waals surface area contributed by atoms with E-state index >= 15 is 0 Å². The first-order chi connectivity index (χ1) is 10.4. The van der Waals surface area contributed by atoms with Crippen molar-refractivity contribution in [2.75, 3.05) is 0 Å². The molecule has 0 atom stereocenters. The molecule has 0 spiro atoms. The second-order valence-corrected chi connectivity index (χ2v) is 6.87. The number of hydrogen-bond donors (Lipinski definition) is 0. The van der Waals surface area contributed by atoms with Gasteiger partial charge in [0.2, 0.25) is 0 Å². The molecule has 0 bridgehead atoms. The van der Waals surface area contributed by atoms with Gasteiger partial charge in [-0.3, -0.25) is 4.98 Å². The van der Waals surface area contributed by atoms with Crippen LogP contribution in [0.2, 0.25) is 0 Å². The molecule has 4 rings (SSSR count). The zero-order chi connectivity index (χ0) is 14.1. The van der Waals surface area contributed by atoms with E-state index in [2.05, 4.69) is 15.0 Å². The first-order valence-electron chi connectivity index (χ1n) is 6.14. The number of aromatic nitrogens is 4. The van der Waals surface area contributed by atoms with E-state index in [1.54, 1.807) is 52.6 Å². The van der Waals surface area contributed by atoms with Gasteiger partial charge in [0.05, 0.1) is 10.6 Å². The van der Waals surface area contributed by atoms with Crippen LogP contribution in [0.3, 0.4) is 0 Å². The molecule has 21 heavy (non-hydrogen) atoms. The van der Waals surface area contributed by atoms with Crippen LogP contribution < -0.4 is 0 Å². The van der Waals surface area contributed by atoms with Crippen molar-refractivity contribution in [3.63, 3.8) is 0 Å². The smallest absolute Gasteiger partial charge is 0.153 e. The summed E-state index contributed by atoms with van der Waals surface area (Å²) in [5.41, 5.74) is 1.81. The lowest BCUT2D eigenvalue weighted by atomic mass is 10.2. The van der Waals surface area contributed by atoms with Gasteiger partial charge in [0.1, 0.15) is 10.7 Å². The SMILES string of the molecule is c1ccc(-c2sc(-c3nccs3)nc2-c2nccs2)nc1. The molecule has 4 aromatic rings. The van der Waals surface area contributed by atoms with Crippen molar-refractivity contribution in [1.29, 1.82) is 0 Å². The summed E-state index contributed by atoms with van der Waals surface area (Å²) >= 11 is 4.78. The Labute approximate surface area is 132 Å². The van der Waals surface area contributed by atoms with E-state index in [1.807, 2.05) is 29.0 Å². The molecular formula is C14H8N4S3. The third-order valence-electron chi connectivity index (χ3n) is 2.77. The van der Waals surface area contributed by atoms with Crippen molar-refractivity contribution in [3.8, 4) is 31.3 Å². The van der Waals surface area contributed by atoms with E-state index in [4.69, 9.17) is 4.98 Å². The second kappa shape index (κ2) is 5.44. The van der Waals surface area contributed by atoms with E-state index in [0.29, 0.717) is 0 Å². The van der Waals surface area contributed by atoms with Crippen LogP contribution in [0.1, 0.15) is 0 Å². The van der Waals surface area contributed by atoms with Gasteiger partial charge in [0.25, 0.3) is 0 Å². The second-order valence-electron chi connectivity index (χ2n) is 4.09. The van der Waals surface area contributed by atoms with Gasteiger partial charge in [-0.1, -0.05) is 6.07 Å². The molecule has 7 heteroatoms. The summed E-state index contributed by atoms with van der Waals surface area (Å²) in [5, 5.41) is 6.67. The Morgan fingerprint density at radius 1 is 0.762 bits per heavy atom. The van der Waals surface area contributed by atoms with Gasteiger partial charge in [0.15, 0.2) is 10.0 Å². The van der Waals surface area contributed by atoms with Crippen LogP contribution in [-0.4, -0.2) is 19.9 Å². The molecule has 0 aromatic carbocycles. The molecule has 0 N–H and O–H groups in total. The molecule has 102 valence electrons.